The molecule has 1 unspecified atom stereocenters. The van der Waals surface area contributed by atoms with Crippen molar-refractivity contribution in [3.63, 3.8) is 0 Å². The lowest BCUT2D eigenvalue weighted by molar-refractivity contribution is 0.511. The minimum absolute atomic E-state index is 0.120. The van der Waals surface area contributed by atoms with Crippen molar-refractivity contribution in [1.82, 2.24) is 4.98 Å². The van der Waals surface area contributed by atoms with Crippen LogP contribution in [0.4, 0.5) is 5.82 Å². The first-order chi connectivity index (χ1) is 7.00. The van der Waals surface area contributed by atoms with E-state index in [0.717, 1.165) is 10.3 Å². The van der Waals surface area contributed by atoms with Crippen LogP contribution in [0.2, 0.25) is 5.02 Å². The van der Waals surface area contributed by atoms with Crippen LogP contribution in [0.3, 0.4) is 0 Å². The maximum atomic E-state index is 5.91. The highest BCUT2D eigenvalue weighted by Crippen LogP contribution is 2.23. The largest absolute Gasteiger partial charge is 0.368 e. The second-order valence-electron chi connectivity index (χ2n) is 3.77. The van der Waals surface area contributed by atoms with Gasteiger partial charge in [-0.2, -0.15) is 0 Å². The lowest BCUT2D eigenvalue weighted by atomic mass is 10.1. The van der Waals surface area contributed by atoms with Gasteiger partial charge in [-0.15, -0.1) is 0 Å². The molecule has 0 aliphatic heterocycles. The minimum atomic E-state index is 0.120. The average molecular weight is 293 g/mol. The van der Waals surface area contributed by atoms with Gasteiger partial charge in [0.2, 0.25) is 0 Å². The summed E-state index contributed by atoms with van der Waals surface area (Å²) in [5.74, 6) is 1.22. The second kappa shape index (κ2) is 5.68. The number of nitrogens with one attached hydrogen (secondary N) is 1. The number of rotatable bonds is 4. The van der Waals surface area contributed by atoms with E-state index >= 15 is 0 Å². The van der Waals surface area contributed by atoms with Gasteiger partial charge in [0.25, 0.3) is 0 Å². The van der Waals surface area contributed by atoms with Gasteiger partial charge in [-0.25, -0.2) is 4.98 Å². The quantitative estimate of drug-likeness (QED) is 0.897. The summed E-state index contributed by atoms with van der Waals surface area (Å²) >= 11 is 9.17. The third-order valence-electron chi connectivity index (χ3n) is 2.17. The Kier molecular flexibility index (Phi) is 4.83. The van der Waals surface area contributed by atoms with Gasteiger partial charge in [0, 0.05) is 18.8 Å². The number of nitrogens with zero attached hydrogens (tertiary/aromatic N) is 1. The molecule has 0 fully saturated rings. The van der Waals surface area contributed by atoms with Crippen molar-refractivity contribution in [3.05, 3.63) is 21.8 Å². The van der Waals surface area contributed by atoms with E-state index in [9.17, 15) is 0 Å². The summed E-state index contributed by atoms with van der Waals surface area (Å²) in [6.45, 7) is 4.89. The summed E-state index contributed by atoms with van der Waals surface area (Å²) in [5, 5.41) is 3.79. The Bertz CT molecular complexity index is 330. The maximum Gasteiger partial charge on any atom is 0.140 e. The third-order valence-corrected chi connectivity index (χ3v) is 2.98. The molecule has 3 N–H and O–H groups in total. The number of nitrogens with two attached hydrogens (primary N) is 1. The van der Waals surface area contributed by atoms with E-state index < -0.39 is 0 Å². The highest BCUT2D eigenvalue weighted by atomic mass is 79.9. The van der Waals surface area contributed by atoms with Crippen molar-refractivity contribution in [3.8, 4) is 0 Å². The summed E-state index contributed by atoms with van der Waals surface area (Å²) < 4.78 is 0.853. The molecular weight excluding hydrogens is 277 g/mol. The minimum Gasteiger partial charge on any atom is -0.368 e. The normalized spacial score (nSPS) is 12.9. The topological polar surface area (TPSA) is 50.9 Å². The lowest BCUT2D eigenvalue weighted by Crippen LogP contribution is -2.34. The predicted octanol–water partition coefficient (Wildman–Crippen LogP) is 2.89. The molecule has 0 saturated heterocycles. The number of aromatic nitrogens is 1. The highest BCUT2D eigenvalue weighted by molar-refractivity contribution is 9.10. The Morgan fingerprint density at radius 2 is 2.27 bits per heavy atom. The van der Waals surface area contributed by atoms with Crippen molar-refractivity contribution in [2.75, 3.05) is 11.9 Å². The van der Waals surface area contributed by atoms with Crippen molar-refractivity contribution in [2.24, 2.45) is 11.7 Å². The van der Waals surface area contributed by atoms with Gasteiger partial charge < -0.3 is 11.1 Å². The fourth-order valence-corrected chi connectivity index (χ4v) is 1.77. The van der Waals surface area contributed by atoms with Crippen molar-refractivity contribution < 1.29 is 0 Å². The van der Waals surface area contributed by atoms with Crippen LogP contribution in [0.1, 0.15) is 13.8 Å². The molecule has 0 aromatic carbocycles. The average Bonchev–Trinajstić information content (AvgIpc) is 2.15. The van der Waals surface area contributed by atoms with E-state index in [1.165, 1.54) is 0 Å². The van der Waals surface area contributed by atoms with E-state index in [-0.39, 0.29) is 6.04 Å². The van der Waals surface area contributed by atoms with Crippen LogP contribution < -0.4 is 11.1 Å². The lowest BCUT2D eigenvalue weighted by Gasteiger charge is -2.17. The molecule has 1 rings (SSSR count). The molecule has 84 valence electrons. The number of halogens is 2. The number of pyridine rings is 1. The maximum absolute atomic E-state index is 5.91. The fraction of sp³-hybridized carbons (Fsp3) is 0.500. The molecule has 0 bridgehead atoms. The zero-order chi connectivity index (χ0) is 11.4. The Labute approximate surface area is 104 Å². The molecule has 0 radical (unpaired) electrons. The molecule has 0 saturated carbocycles. The molecule has 15 heavy (non-hydrogen) atoms. The van der Waals surface area contributed by atoms with Crippen LogP contribution in [-0.2, 0) is 0 Å². The van der Waals surface area contributed by atoms with E-state index in [4.69, 9.17) is 17.3 Å². The monoisotopic (exact) mass is 291 g/mol. The van der Waals surface area contributed by atoms with Gasteiger partial charge in [0.1, 0.15) is 5.82 Å². The molecular formula is C10H15BrClN3. The Balaban J connectivity index is 2.58. The summed E-state index contributed by atoms with van der Waals surface area (Å²) in [4.78, 5) is 4.16. The Morgan fingerprint density at radius 1 is 1.60 bits per heavy atom. The van der Waals surface area contributed by atoms with Crippen LogP contribution in [0.15, 0.2) is 16.7 Å². The zero-order valence-electron chi connectivity index (χ0n) is 8.80. The third kappa shape index (κ3) is 3.97. The van der Waals surface area contributed by atoms with Gasteiger partial charge in [-0.3, -0.25) is 0 Å². The molecule has 0 amide bonds. The van der Waals surface area contributed by atoms with Crippen LogP contribution in [0, 0.1) is 5.92 Å². The smallest absolute Gasteiger partial charge is 0.140 e. The van der Waals surface area contributed by atoms with Gasteiger partial charge in [0.15, 0.2) is 0 Å². The molecule has 3 nitrogen and oxygen atoms in total. The Hall–Kier alpha value is -0.320. The highest BCUT2D eigenvalue weighted by Gasteiger charge is 2.08. The summed E-state index contributed by atoms with van der Waals surface area (Å²) in [6.07, 6.45) is 1.61. The van der Waals surface area contributed by atoms with Crippen LogP contribution in [0.5, 0.6) is 0 Å². The first kappa shape index (κ1) is 12.7. The predicted molar refractivity (Wildman–Crippen MR) is 68.3 cm³/mol. The van der Waals surface area contributed by atoms with Crippen molar-refractivity contribution in [1.29, 1.82) is 0 Å². The molecule has 1 atom stereocenters. The molecule has 1 heterocycles. The molecule has 0 aliphatic carbocycles. The van der Waals surface area contributed by atoms with E-state index in [0.29, 0.717) is 17.5 Å². The van der Waals surface area contributed by atoms with E-state index in [1.807, 2.05) is 0 Å². The van der Waals surface area contributed by atoms with Crippen molar-refractivity contribution >= 4 is 33.3 Å². The molecule has 5 heteroatoms. The fourth-order valence-electron chi connectivity index (χ4n) is 0.995. The van der Waals surface area contributed by atoms with Crippen LogP contribution in [0.25, 0.3) is 0 Å². The van der Waals surface area contributed by atoms with Gasteiger partial charge in [0.05, 0.1) is 9.50 Å². The van der Waals surface area contributed by atoms with Gasteiger partial charge >= 0.3 is 0 Å². The SMILES string of the molecule is CC(C)C(N)CNc1ncc(Cl)cc1Br. The number of anilines is 1. The molecule has 1 aromatic rings. The molecule has 1 aromatic heterocycles. The van der Waals surface area contributed by atoms with Crippen LogP contribution in [-0.4, -0.2) is 17.6 Å². The summed E-state index contributed by atoms with van der Waals surface area (Å²) in [6, 6.07) is 1.92. The van der Waals surface area contributed by atoms with Gasteiger partial charge in [-0.05, 0) is 27.9 Å². The van der Waals surface area contributed by atoms with E-state index in [1.54, 1.807) is 12.3 Å². The first-order valence-electron chi connectivity index (χ1n) is 4.81. The first-order valence-corrected chi connectivity index (χ1v) is 5.98. The van der Waals surface area contributed by atoms with Crippen LogP contribution >= 0.6 is 27.5 Å². The Morgan fingerprint density at radius 3 is 2.80 bits per heavy atom. The molecule has 0 spiro atoms. The zero-order valence-corrected chi connectivity index (χ0v) is 11.1. The van der Waals surface area contributed by atoms with Gasteiger partial charge in [-0.1, -0.05) is 25.4 Å². The number of hydrogen-bond donors (Lipinski definition) is 2. The van der Waals surface area contributed by atoms with E-state index in [2.05, 4.69) is 40.1 Å². The molecule has 0 aliphatic rings. The summed E-state index contributed by atoms with van der Waals surface area (Å²) in [7, 11) is 0. The standard InChI is InChI=1S/C10H15BrClN3/c1-6(2)9(13)5-15-10-8(11)3-7(12)4-14-10/h3-4,6,9H,5,13H2,1-2H3,(H,14,15). The van der Waals surface area contributed by atoms with Crippen molar-refractivity contribution in [2.45, 2.75) is 19.9 Å². The second-order valence-corrected chi connectivity index (χ2v) is 5.06. The number of hydrogen-bond acceptors (Lipinski definition) is 3. The summed E-state index contributed by atoms with van der Waals surface area (Å²) in [5.41, 5.74) is 5.91.